The Hall–Kier alpha value is -1.47. The molecular formula is C18H23FN2O2S2. The number of benzene rings is 1. The maximum atomic E-state index is 13.1. The molecular weight excluding hydrogens is 359 g/mol. The van der Waals surface area contributed by atoms with Crippen LogP contribution in [0.15, 0.2) is 24.3 Å². The van der Waals surface area contributed by atoms with Crippen LogP contribution in [0.4, 0.5) is 4.39 Å². The number of imide groups is 1. The van der Waals surface area contributed by atoms with Crippen molar-refractivity contribution in [3.63, 3.8) is 0 Å². The molecule has 1 atom stereocenters. The number of hydrogen-bond acceptors (Lipinski definition) is 4. The van der Waals surface area contributed by atoms with Crippen LogP contribution < -0.4 is 0 Å². The second-order valence-electron chi connectivity index (χ2n) is 5.84. The SMILES string of the molecule is CCN(CC)C(=S)S[C@H]1CCCCN(C(=O)c2ccc(F)cc2)C1=O. The molecule has 0 N–H and O–H groups in total. The predicted molar refractivity (Wildman–Crippen MR) is 103 cm³/mol. The molecule has 0 radical (unpaired) electrons. The standard InChI is InChI=1S/C18H23FN2O2S2/c1-3-20(4-2)18(24)25-15-7-5-6-12-21(17(15)23)16(22)13-8-10-14(19)11-9-13/h8-11,15H,3-7,12H2,1-2H3/t15-/m0/s1. The van der Waals surface area contributed by atoms with Gasteiger partial charge in [0.05, 0.1) is 5.25 Å². The van der Waals surface area contributed by atoms with E-state index in [0.717, 1.165) is 25.9 Å². The summed E-state index contributed by atoms with van der Waals surface area (Å²) in [5.74, 6) is -0.977. The van der Waals surface area contributed by atoms with Gasteiger partial charge in [-0.1, -0.05) is 30.4 Å². The molecule has 0 saturated carbocycles. The average Bonchev–Trinajstić information content (AvgIpc) is 2.78. The second-order valence-corrected chi connectivity index (χ2v) is 7.68. The second kappa shape index (κ2) is 9.29. The summed E-state index contributed by atoms with van der Waals surface area (Å²) in [6.45, 7) is 6.03. The zero-order valence-electron chi connectivity index (χ0n) is 14.5. The summed E-state index contributed by atoms with van der Waals surface area (Å²) >= 11 is 6.83. The van der Waals surface area contributed by atoms with Crippen molar-refractivity contribution in [2.45, 2.75) is 38.4 Å². The Morgan fingerprint density at radius 2 is 1.92 bits per heavy atom. The number of nitrogens with zero attached hydrogens (tertiary/aromatic N) is 2. The smallest absolute Gasteiger partial charge is 0.260 e. The minimum atomic E-state index is -0.406. The van der Waals surface area contributed by atoms with Crippen LogP contribution in [0.5, 0.6) is 0 Å². The van der Waals surface area contributed by atoms with Crippen molar-refractivity contribution < 1.29 is 14.0 Å². The van der Waals surface area contributed by atoms with Gasteiger partial charge in [-0.3, -0.25) is 14.5 Å². The maximum absolute atomic E-state index is 13.1. The Bertz CT molecular complexity index is 632. The van der Waals surface area contributed by atoms with Crippen LogP contribution in [0.2, 0.25) is 0 Å². The van der Waals surface area contributed by atoms with E-state index in [1.807, 2.05) is 18.7 Å². The van der Waals surface area contributed by atoms with Crippen LogP contribution in [0.25, 0.3) is 0 Å². The van der Waals surface area contributed by atoms with E-state index in [4.69, 9.17) is 12.2 Å². The number of carbonyl (C=O) groups excluding carboxylic acids is 2. The predicted octanol–water partition coefficient (Wildman–Crippen LogP) is 3.71. The van der Waals surface area contributed by atoms with E-state index in [2.05, 4.69) is 0 Å². The maximum Gasteiger partial charge on any atom is 0.260 e. The van der Waals surface area contributed by atoms with Gasteiger partial charge in [-0.05, 0) is 51.0 Å². The third kappa shape index (κ3) is 5.01. The van der Waals surface area contributed by atoms with E-state index >= 15 is 0 Å². The Morgan fingerprint density at radius 1 is 1.28 bits per heavy atom. The monoisotopic (exact) mass is 382 g/mol. The number of hydrogen-bond donors (Lipinski definition) is 0. The molecule has 0 bridgehead atoms. The van der Waals surface area contributed by atoms with Gasteiger partial charge >= 0.3 is 0 Å². The van der Waals surface area contributed by atoms with Crippen molar-refractivity contribution in [2.24, 2.45) is 0 Å². The molecule has 136 valence electrons. The molecule has 4 nitrogen and oxygen atoms in total. The zero-order valence-corrected chi connectivity index (χ0v) is 16.2. The normalized spacial score (nSPS) is 18.0. The highest BCUT2D eigenvalue weighted by molar-refractivity contribution is 8.23. The van der Waals surface area contributed by atoms with Gasteiger partial charge in [-0.25, -0.2) is 4.39 Å². The lowest BCUT2D eigenvalue weighted by Crippen LogP contribution is -2.42. The summed E-state index contributed by atoms with van der Waals surface area (Å²) < 4.78 is 13.8. The van der Waals surface area contributed by atoms with Gasteiger partial charge in [-0.15, -0.1) is 0 Å². The third-order valence-corrected chi connectivity index (χ3v) is 5.97. The largest absolute Gasteiger partial charge is 0.358 e. The minimum Gasteiger partial charge on any atom is -0.358 e. The summed E-state index contributed by atoms with van der Waals surface area (Å²) in [6.07, 6.45) is 2.35. The lowest BCUT2D eigenvalue weighted by Gasteiger charge is -2.26. The van der Waals surface area contributed by atoms with Crippen molar-refractivity contribution in [1.29, 1.82) is 0 Å². The van der Waals surface area contributed by atoms with Gasteiger partial charge in [0, 0.05) is 25.2 Å². The highest BCUT2D eigenvalue weighted by atomic mass is 32.2. The average molecular weight is 383 g/mol. The number of amides is 2. The van der Waals surface area contributed by atoms with Crippen LogP contribution in [0.3, 0.4) is 0 Å². The fourth-order valence-electron chi connectivity index (χ4n) is 2.74. The van der Waals surface area contributed by atoms with E-state index in [1.54, 1.807) is 0 Å². The molecule has 0 aliphatic carbocycles. The van der Waals surface area contributed by atoms with Crippen molar-refractivity contribution in [3.05, 3.63) is 35.6 Å². The van der Waals surface area contributed by atoms with Crippen LogP contribution >= 0.6 is 24.0 Å². The van der Waals surface area contributed by atoms with Crippen molar-refractivity contribution >= 4 is 40.1 Å². The van der Waals surface area contributed by atoms with Gasteiger partial charge < -0.3 is 4.90 Å². The number of halogens is 1. The minimum absolute atomic E-state index is 0.202. The fraction of sp³-hybridized carbons (Fsp3) is 0.500. The number of likely N-dealkylation sites (tertiary alicyclic amines) is 1. The molecule has 1 saturated heterocycles. The van der Waals surface area contributed by atoms with Crippen molar-refractivity contribution in [1.82, 2.24) is 9.80 Å². The van der Waals surface area contributed by atoms with Gasteiger partial charge in [0.15, 0.2) is 0 Å². The first-order chi connectivity index (χ1) is 12.0. The van der Waals surface area contributed by atoms with Gasteiger partial charge in [0.1, 0.15) is 10.1 Å². The Labute approximate surface area is 157 Å². The lowest BCUT2D eigenvalue weighted by atomic mass is 10.2. The molecule has 25 heavy (non-hydrogen) atoms. The Kier molecular flexibility index (Phi) is 7.38. The number of rotatable bonds is 4. The number of thioether (sulfide) groups is 1. The first-order valence-corrected chi connectivity index (χ1v) is 9.83. The molecule has 2 amide bonds. The van der Waals surface area contributed by atoms with Crippen LogP contribution in [0.1, 0.15) is 43.5 Å². The molecule has 0 spiro atoms. The van der Waals surface area contributed by atoms with Crippen LogP contribution in [-0.4, -0.2) is 50.8 Å². The summed E-state index contributed by atoms with van der Waals surface area (Å²) in [4.78, 5) is 28.9. The molecule has 1 aliphatic rings. The third-order valence-electron chi connectivity index (χ3n) is 4.24. The topological polar surface area (TPSA) is 40.6 Å². The molecule has 0 aromatic heterocycles. The van der Waals surface area contributed by atoms with Crippen molar-refractivity contribution in [2.75, 3.05) is 19.6 Å². The quantitative estimate of drug-likeness (QED) is 0.587. The van der Waals surface area contributed by atoms with E-state index in [1.165, 1.54) is 40.9 Å². The molecule has 1 aromatic carbocycles. The number of thiocarbonyl (C=S) groups is 1. The van der Waals surface area contributed by atoms with Gasteiger partial charge in [0.25, 0.3) is 5.91 Å². The highest BCUT2D eigenvalue weighted by Crippen LogP contribution is 2.27. The van der Waals surface area contributed by atoms with Crippen LogP contribution in [0, 0.1) is 5.82 Å². The first kappa shape index (κ1) is 19.8. The van der Waals surface area contributed by atoms with Gasteiger partial charge in [0.2, 0.25) is 5.91 Å². The van der Waals surface area contributed by atoms with E-state index in [0.29, 0.717) is 22.8 Å². The zero-order chi connectivity index (χ0) is 18.4. The summed E-state index contributed by atoms with van der Waals surface area (Å²) in [7, 11) is 0. The summed E-state index contributed by atoms with van der Waals surface area (Å²) in [5.41, 5.74) is 0.326. The van der Waals surface area contributed by atoms with Gasteiger partial charge in [-0.2, -0.15) is 0 Å². The van der Waals surface area contributed by atoms with E-state index < -0.39 is 5.82 Å². The number of carbonyl (C=O) groups is 2. The highest BCUT2D eigenvalue weighted by Gasteiger charge is 2.33. The molecule has 0 unspecified atom stereocenters. The summed E-state index contributed by atoms with van der Waals surface area (Å²) in [6, 6.07) is 5.30. The Morgan fingerprint density at radius 3 is 2.52 bits per heavy atom. The van der Waals surface area contributed by atoms with E-state index in [9.17, 15) is 14.0 Å². The molecule has 1 heterocycles. The lowest BCUT2D eigenvalue weighted by molar-refractivity contribution is -0.127. The molecule has 1 aromatic rings. The van der Waals surface area contributed by atoms with E-state index in [-0.39, 0.29) is 17.1 Å². The molecule has 2 rings (SSSR count). The fourth-order valence-corrected chi connectivity index (χ4v) is 4.51. The molecule has 7 heteroatoms. The van der Waals surface area contributed by atoms with Crippen molar-refractivity contribution in [3.8, 4) is 0 Å². The molecule has 1 aliphatic heterocycles. The first-order valence-electron chi connectivity index (χ1n) is 8.54. The summed E-state index contributed by atoms with van der Waals surface area (Å²) in [5, 5.41) is -0.347. The molecule has 1 fully saturated rings. The Balaban J connectivity index is 2.14. The van der Waals surface area contributed by atoms with Crippen LogP contribution in [-0.2, 0) is 4.79 Å².